The molecule has 0 saturated heterocycles. The van der Waals surface area contributed by atoms with Crippen molar-refractivity contribution in [3.8, 4) is 0 Å². The van der Waals surface area contributed by atoms with Gasteiger partial charge in [0, 0.05) is 18.2 Å². The second-order valence-corrected chi connectivity index (χ2v) is 6.73. The van der Waals surface area contributed by atoms with Crippen molar-refractivity contribution < 1.29 is 13.2 Å². The average Bonchev–Trinajstić information content (AvgIpc) is 2.33. The second kappa shape index (κ2) is 6.37. The summed E-state index contributed by atoms with van der Waals surface area (Å²) in [5.41, 5.74) is 1.05. The Morgan fingerprint density at radius 1 is 1.30 bits per heavy atom. The van der Waals surface area contributed by atoms with Gasteiger partial charge in [0.2, 0.25) is 10.0 Å². The van der Waals surface area contributed by atoms with Crippen LogP contribution in [0.2, 0.25) is 0 Å². The van der Waals surface area contributed by atoms with Gasteiger partial charge in [-0.15, -0.1) is 0 Å². The van der Waals surface area contributed by atoms with E-state index in [1.165, 1.54) is 12.1 Å². The SMILES string of the molecule is CCCN(C(=O)c1cc(C)cc(S(N)(=O)=O)c1)C(C)C. The van der Waals surface area contributed by atoms with Crippen LogP contribution in [0.4, 0.5) is 0 Å². The monoisotopic (exact) mass is 298 g/mol. The van der Waals surface area contributed by atoms with E-state index in [4.69, 9.17) is 5.14 Å². The molecule has 1 aromatic rings. The predicted molar refractivity (Wildman–Crippen MR) is 79.0 cm³/mol. The minimum Gasteiger partial charge on any atom is -0.336 e. The quantitative estimate of drug-likeness (QED) is 0.901. The molecule has 2 N–H and O–H groups in total. The maximum Gasteiger partial charge on any atom is 0.254 e. The van der Waals surface area contributed by atoms with E-state index in [1.54, 1.807) is 17.9 Å². The van der Waals surface area contributed by atoms with Crippen molar-refractivity contribution >= 4 is 15.9 Å². The predicted octanol–water partition coefficient (Wildman–Crippen LogP) is 1.90. The van der Waals surface area contributed by atoms with Crippen LogP contribution >= 0.6 is 0 Å². The number of aryl methyl sites for hydroxylation is 1. The third-order valence-electron chi connectivity index (χ3n) is 2.98. The molecule has 1 rings (SSSR count). The number of sulfonamides is 1. The zero-order valence-corrected chi connectivity index (χ0v) is 13.2. The molecule has 0 fully saturated rings. The van der Waals surface area contributed by atoms with Crippen molar-refractivity contribution in [2.75, 3.05) is 6.54 Å². The van der Waals surface area contributed by atoms with Crippen molar-refractivity contribution in [1.82, 2.24) is 4.90 Å². The molecule has 0 aliphatic heterocycles. The van der Waals surface area contributed by atoms with Gasteiger partial charge in [0.1, 0.15) is 0 Å². The molecule has 0 aliphatic carbocycles. The summed E-state index contributed by atoms with van der Waals surface area (Å²) in [4.78, 5) is 14.2. The fraction of sp³-hybridized carbons (Fsp3) is 0.500. The lowest BCUT2D eigenvalue weighted by Crippen LogP contribution is -2.37. The van der Waals surface area contributed by atoms with Crippen LogP contribution in [0.3, 0.4) is 0 Å². The van der Waals surface area contributed by atoms with E-state index in [2.05, 4.69) is 0 Å². The van der Waals surface area contributed by atoms with Crippen LogP contribution < -0.4 is 5.14 Å². The van der Waals surface area contributed by atoms with Crippen LogP contribution in [0.1, 0.15) is 43.1 Å². The molecule has 0 aliphatic rings. The van der Waals surface area contributed by atoms with Gasteiger partial charge in [-0.2, -0.15) is 0 Å². The number of hydrogen-bond acceptors (Lipinski definition) is 3. The topological polar surface area (TPSA) is 80.5 Å². The smallest absolute Gasteiger partial charge is 0.254 e. The van der Waals surface area contributed by atoms with Gasteiger partial charge in [0.15, 0.2) is 0 Å². The summed E-state index contributed by atoms with van der Waals surface area (Å²) >= 11 is 0. The van der Waals surface area contributed by atoms with E-state index in [0.29, 0.717) is 17.7 Å². The van der Waals surface area contributed by atoms with Crippen molar-refractivity contribution in [3.63, 3.8) is 0 Å². The highest BCUT2D eigenvalue weighted by Gasteiger charge is 2.20. The highest BCUT2D eigenvalue weighted by molar-refractivity contribution is 7.89. The van der Waals surface area contributed by atoms with E-state index in [1.807, 2.05) is 20.8 Å². The third kappa shape index (κ3) is 4.05. The minimum atomic E-state index is -3.81. The third-order valence-corrected chi connectivity index (χ3v) is 3.87. The number of nitrogens with two attached hydrogens (primary N) is 1. The van der Waals surface area contributed by atoms with Gasteiger partial charge in [-0.05, 0) is 51.0 Å². The van der Waals surface area contributed by atoms with Gasteiger partial charge in [-0.1, -0.05) is 6.92 Å². The number of benzene rings is 1. The van der Waals surface area contributed by atoms with Crippen molar-refractivity contribution in [3.05, 3.63) is 29.3 Å². The van der Waals surface area contributed by atoms with Crippen molar-refractivity contribution in [1.29, 1.82) is 0 Å². The fourth-order valence-corrected chi connectivity index (χ4v) is 2.68. The lowest BCUT2D eigenvalue weighted by atomic mass is 10.1. The first-order chi connectivity index (χ1) is 9.16. The molecule has 0 atom stereocenters. The fourth-order valence-electron chi connectivity index (χ4n) is 2.04. The summed E-state index contributed by atoms with van der Waals surface area (Å²) in [5, 5.41) is 5.14. The zero-order valence-electron chi connectivity index (χ0n) is 12.4. The molecule has 0 radical (unpaired) electrons. The zero-order chi connectivity index (χ0) is 15.5. The highest BCUT2D eigenvalue weighted by atomic mass is 32.2. The van der Waals surface area contributed by atoms with Gasteiger partial charge in [-0.3, -0.25) is 4.79 Å². The van der Waals surface area contributed by atoms with Gasteiger partial charge in [0.25, 0.3) is 5.91 Å². The summed E-state index contributed by atoms with van der Waals surface area (Å²) in [6.07, 6.45) is 0.845. The molecular formula is C14H22N2O3S. The number of carbonyl (C=O) groups is 1. The number of hydrogen-bond donors (Lipinski definition) is 1. The van der Waals surface area contributed by atoms with E-state index in [0.717, 1.165) is 6.42 Å². The van der Waals surface area contributed by atoms with Crippen LogP contribution in [0.5, 0.6) is 0 Å². The Labute approximate surface area is 120 Å². The molecule has 20 heavy (non-hydrogen) atoms. The molecule has 112 valence electrons. The highest BCUT2D eigenvalue weighted by Crippen LogP contribution is 2.16. The molecule has 6 heteroatoms. The van der Waals surface area contributed by atoms with E-state index in [9.17, 15) is 13.2 Å². The van der Waals surface area contributed by atoms with Crippen LogP contribution in [0.25, 0.3) is 0 Å². The number of nitrogens with zero attached hydrogens (tertiary/aromatic N) is 1. The number of rotatable bonds is 5. The molecule has 0 bridgehead atoms. The summed E-state index contributed by atoms with van der Waals surface area (Å²) in [6, 6.07) is 4.55. The van der Waals surface area contributed by atoms with E-state index in [-0.39, 0.29) is 16.8 Å². The lowest BCUT2D eigenvalue weighted by Gasteiger charge is -2.26. The molecule has 0 unspecified atom stereocenters. The molecule has 0 spiro atoms. The summed E-state index contributed by atoms with van der Waals surface area (Å²) in [6.45, 7) is 8.24. The van der Waals surface area contributed by atoms with Crippen LogP contribution in [-0.2, 0) is 10.0 Å². The molecule has 1 amide bonds. The maximum absolute atomic E-state index is 12.5. The van der Waals surface area contributed by atoms with Crippen LogP contribution in [0, 0.1) is 6.92 Å². The van der Waals surface area contributed by atoms with Crippen LogP contribution in [0.15, 0.2) is 23.1 Å². The molecule has 0 saturated carbocycles. The van der Waals surface area contributed by atoms with Gasteiger partial charge in [-0.25, -0.2) is 13.6 Å². The first-order valence-electron chi connectivity index (χ1n) is 6.62. The van der Waals surface area contributed by atoms with Crippen LogP contribution in [-0.4, -0.2) is 31.8 Å². The second-order valence-electron chi connectivity index (χ2n) is 5.17. The number of primary sulfonamides is 1. The van der Waals surface area contributed by atoms with Crippen molar-refractivity contribution in [2.45, 2.75) is 45.1 Å². The normalized spacial score (nSPS) is 11.7. The Bertz CT molecular complexity index is 594. The molecule has 1 aromatic carbocycles. The average molecular weight is 298 g/mol. The van der Waals surface area contributed by atoms with E-state index < -0.39 is 10.0 Å². The standard InChI is InChI=1S/C14H22N2O3S/c1-5-6-16(10(2)3)14(17)12-7-11(4)8-13(9-12)20(15,18)19/h7-10H,5-6H2,1-4H3,(H2,15,18,19). The Morgan fingerprint density at radius 3 is 2.35 bits per heavy atom. The first-order valence-corrected chi connectivity index (χ1v) is 8.17. The maximum atomic E-state index is 12.5. The minimum absolute atomic E-state index is 0.0268. The molecule has 5 nitrogen and oxygen atoms in total. The first kappa shape index (κ1) is 16.7. The Hall–Kier alpha value is -1.40. The Kier molecular flexibility index (Phi) is 5.30. The van der Waals surface area contributed by atoms with Gasteiger partial charge in [0.05, 0.1) is 4.90 Å². The summed E-state index contributed by atoms with van der Waals surface area (Å²) < 4.78 is 22.9. The number of amides is 1. The van der Waals surface area contributed by atoms with Crippen molar-refractivity contribution in [2.24, 2.45) is 5.14 Å². The summed E-state index contributed by atoms with van der Waals surface area (Å²) in [7, 11) is -3.81. The largest absolute Gasteiger partial charge is 0.336 e. The molecule has 0 heterocycles. The van der Waals surface area contributed by atoms with Gasteiger partial charge < -0.3 is 4.90 Å². The Balaban J connectivity index is 3.25. The number of carbonyl (C=O) groups excluding carboxylic acids is 1. The van der Waals surface area contributed by atoms with E-state index >= 15 is 0 Å². The molecule has 0 aromatic heterocycles. The summed E-state index contributed by atoms with van der Waals surface area (Å²) in [5.74, 6) is -0.171. The lowest BCUT2D eigenvalue weighted by molar-refractivity contribution is 0.0705. The van der Waals surface area contributed by atoms with Gasteiger partial charge >= 0.3 is 0 Å². The Morgan fingerprint density at radius 2 is 1.90 bits per heavy atom. The molecular weight excluding hydrogens is 276 g/mol.